The van der Waals surface area contributed by atoms with Crippen LogP contribution in [0, 0.1) is 22.7 Å². The van der Waals surface area contributed by atoms with Crippen LogP contribution < -0.4 is 0 Å². The van der Waals surface area contributed by atoms with E-state index in [1.165, 1.54) is 81.5 Å². The summed E-state index contributed by atoms with van der Waals surface area (Å²) in [4.78, 5) is 8.72. The number of aliphatic hydroxyl groups is 1. The molecule has 0 radical (unpaired) electrons. The first-order valence-corrected chi connectivity index (χ1v) is 24.7. The Hall–Kier alpha value is -3.94. The van der Waals surface area contributed by atoms with Crippen LogP contribution in [0.2, 0.25) is 0 Å². The number of methoxy groups -OCH3 is 1. The highest BCUT2D eigenvalue weighted by atomic mass is 16.5. The molecule has 6 fully saturated rings. The van der Waals surface area contributed by atoms with Gasteiger partial charge in [0.1, 0.15) is 0 Å². The number of hydrogen-bond donors (Lipinski definition) is 1. The molecule has 6 nitrogen and oxygen atoms in total. The van der Waals surface area contributed by atoms with E-state index in [4.69, 9.17) is 14.2 Å². The molecule has 2 aromatic heterocycles. The van der Waals surface area contributed by atoms with Gasteiger partial charge in [0.05, 0.1) is 34.6 Å². The number of hydrogen-bond acceptors (Lipinski definition) is 6. The molecule has 0 amide bonds. The maximum Gasteiger partial charge on any atom is 0.0974 e. The molecular formula is C58H68N2O4. The van der Waals surface area contributed by atoms with E-state index >= 15 is 0 Å². The average Bonchev–Trinajstić information content (AvgIpc) is 4.03. The fraction of sp³-hybridized carbons (Fsp3) is 0.552. The van der Waals surface area contributed by atoms with Gasteiger partial charge in [0.25, 0.3) is 0 Å². The molecule has 10 aliphatic rings. The summed E-state index contributed by atoms with van der Waals surface area (Å²) in [7, 11) is 1.87. The molecule has 2 unspecified atom stereocenters. The molecule has 2 saturated heterocycles. The van der Waals surface area contributed by atoms with Gasteiger partial charge in [0.15, 0.2) is 0 Å². The van der Waals surface area contributed by atoms with E-state index in [0.29, 0.717) is 29.8 Å². The topological polar surface area (TPSA) is 73.7 Å². The number of pyridine rings is 2. The SMILES string of the molecule is C.CO[C@@H]1CCC2=CC3=CC[C@]4(C)[C@@H](c5ccc6ccncc6c5)CC[C@H]4[C@@]34CCC2(C1)O4.C[C@]12CC=C3C=C4CC[C@@H](O)CC45CC[C@]3(O5)[C@@H]1CC[C@@H]2c1ccc2ccncc2c1. The van der Waals surface area contributed by atoms with E-state index < -0.39 is 0 Å². The summed E-state index contributed by atoms with van der Waals surface area (Å²) in [5.41, 5.74) is 8.88. The number of rotatable bonds is 3. The molecule has 6 aliphatic carbocycles. The van der Waals surface area contributed by atoms with E-state index in [2.05, 4.69) is 96.7 Å². The van der Waals surface area contributed by atoms with Crippen LogP contribution in [0.1, 0.15) is 147 Å². The van der Waals surface area contributed by atoms with Gasteiger partial charge >= 0.3 is 0 Å². The summed E-state index contributed by atoms with van der Waals surface area (Å²) < 4.78 is 20.3. The molecule has 4 aliphatic heterocycles. The summed E-state index contributed by atoms with van der Waals surface area (Å²) >= 11 is 0. The van der Waals surface area contributed by atoms with Crippen molar-refractivity contribution < 1.29 is 19.3 Å². The molecule has 1 N–H and O–H groups in total. The fourth-order valence-electron chi connectivity index (χ4n) is 16.7. The van der Waals surface area contributed by atoms with Gasteiger partial charge in [-0.1, -0.05) is 69.8 Å². The van der Waals surface area contributed by atoms with Gasteiger partial charge in [-0.05, 0) is 193 Å². The first-order chi connectivity index (χ1) is 30.6. The van der Waals surface area contributed by atoms with Crippen molar-refractivity contribution in [2.45, 2.75) is 170 Å². The Morgan fingerprint density at radius 2 is 1.12 bits per heavy atom. The van der Waals surface area contributed by atoms with Gasteiger partial charge in [-0.3, -0.25) is 9.97 Å². The zero-order valence-corrected chi connectivity index (χ0v) is 37.6. The van der Waals surface area contributed by atoms with Crippen molar-refractivity contribution in [3.8, 4) is 0 Å². The molecule has 6 heterocycles. The van der Waals surface area contributed by atoms with Gasteiger partial charge in [-0.25, -0.2) is 0 Å². The molecule has 4 bridgehead atoms. The lowest BCUT2D eigenvalue weighted by Crippen LogP contribution is -2.54. The smallest absolute Gasteiger partial charge is 0.0974 e. The fourth-order valence-corrected chi connectivity index (χ4v) is 16.7. The minimum Gasteiger partial charge on any atom is -0.393 e. The van der Waals surface area contributed by atoms with Crippen molar-refractivity contribution in [3.05, 3.63) is 131 Å². The van der Waals surface area contributed by atoms with Crippen molar-refractivity contribution >= 4 is 21.5 Å². The van der Waals surface area contributed by atoms with E-state index in [1.807, 2.05) is 31.9 Å². The summed E-state index contributed by atoms with van der Waals surface area (Å²) in [6, 6.07) is 18.3. The number of ether oxygens (including phenoxy) is 3. The third-order valence-electron chi connectivity index (χ3n) is 19.8. The quantitative estimate of drug-likeness (QED) is 0.221. The molecular weight excluding hydrogens is 789 g/mol. The zero-order valence-electron chi connectivity index (χ0n) is 37.6. The van der Waals surface area contributed by atoms with E-state index in [9.17, 15) is 5.11 Å². The van der Waals surface area contributed by atoms with Gasteiger partial charge < -0.3 is 19.3 Å². The van der Waals surface area contributed by atoms with Crippen molar-refractivity contribution in [1.29, 1.82) is 0 Å². The first-order valence-electron chi connectivity index (χ1n) is 24.7. The Morgan fingerprint density at radius 1 is 0.609 bits per heavy atom. The van der Waals surface area contributed by atoms with Gasteiger partial charge in [-0.2, -0.15) is 0 Å². The second-order valence-electron chi connectivity index (χ2n) is 22.4. The summed E-state index contributed by atoms with van der Waals surface area (Å²) in [6.07, 6.45) is 35.8. The minimum absolute atomic E-state index is 0. The molecule has 14 rings (SSSR count). The van der Waals surface area contributed by atoms with Crippen molar-refractivity contribution in [3.63, 3.8) is 0 Å². The van der Waals surface area contributed by atoms with Crippen LogP contribution in [0.15, 0.2) is 120 Å². The Labute approximate surface area is 380 Å². The van der Waals surface area contributed by atoms with Crippen LogP contribution in [0.3, 0.4) is 0 Å². The summed E-state index contributed by atoms with van der Waals surface area (Å²) in [5, 5.41) is 15.5. The molecule has 4 saturated carbocycles. The van der Waals surface area contributed by atoms with Crippen LogP contribution in [0.25, 0.3) is 21.5 Å². The molecule has 6 heteroatoms. The Bertz CT molecular complexity index is 2680. The van der Waals surface area contributed by atoms with Crippen LogP contribution >= 0.6 is 0 Å². The van der Waals surface area contributed by atoms with Gasteiger partial charge in [0, 0.05) is 55.5 Å². The monoisotopic (exact) mass is 857 g/mol. The summed E-state index contributed by atoms with van der Waals surface area (Å²) in [5.74, 6) is 2.26. The number of nitrogens with zero attached hydrogens (tertiary/aromatic N) is 2. The average molecular weight is 857 g/mol. The predicted octanol–water partition coefficient (Wildman–Crippen LogP) is 13.0. The molecule has 4 aromatic rings. The Kier molecular flexibility index (Phi) is 9.42. The minimum atomic E-state index is -0.213. The predicted molar refractivity (Wildman–Crippen MR) is 255 cm³/mol. The summed E-state index contributed by atoms with van der Waals surface area (Å²) in [6.45, 7) is 5.07. The van der Waals surface area contributed by atoms with Gasteiger partial charge in [-0.15, -0.1) is 0 Å². The van der Waals surface area contributed by atoms with E-state index in [-0.39, 0.29) is 46.8 Å². The lowest BCUT2D eigenvalue weighted by molar-refractivity contribution is -0.147. The maximum atomic E-state index is 10.4. The highest BCUT2D eigenvalue weighted by Gasteiger charge is 2.68. The molecule has 64 heavy (non-hydrogen) atoms. The number of fused-ring (bicyclic) bond motifs is 4. The lowest BCUT2D eigenvalue weighted by Gasteiger charge is -2.54. The Morgan fingerprint density at radius 3 is 1.66 bits per heavy atom. The third kappa shape index (κ3) is 5.70. The second kappa shape index (κ2) is 14.5. The normalized spacial score (nSPS) is 41.9. The number of allylic oxidation sites excluding steroid dienone is 2. The second-order valence-corrected chi connectivity index (χ2v) is 22.4. The van der Waals surface area contributed by atoms with Gasteiger partial charge in [0.2, 0.25) is 0 Å². The highest BCUT2D eigenvalue weighted by Crippen LogP contribution is 2.71. The number of aliphatic hydroxyl groups excluding tert-OH is 1. The van der Waals surface area contributed by atoms with E-state index in [0.717, 1.165) is 70.6 Å². The van der Waals surface area contributed by atoms with Crippen LogP contribution in [-0.4, -0.2) is 56.8 Å². The molecule has 4 spiro atoms. The van der Waals surface area contributed by atoms with Crippen LogP contribution in [-0.2, 0) is 14.2 Å². The maximum absolute atomic E-state index is 10.4. The van der Waals surface area contributed by atoms with Crippen molar-refractivity contribution in [2.24, 2.45) is 22.7 Å². The lowest BCUT2D eigenvalue weighted by atomic mass is 9.58. The number of benzene rings is 2. The first kappa shape index (κ1) is 41.5. The Balaban J connectivity index is 0.000000133. The zero-order chi connectivity index (χ0) is 42.4. The van der Waals surface area contributed by atoms with Crippen molar-refractivity contribution in [2.75, 3.05) is 7.11 Å². The van der Waals surface area contributed by atoms with Crippen molar-refractivity contribution in [1.82, 2.24) is 9.97 Å². The third-order valence-corrected chi connectivity index (χ3v) is 19.8. The van der Waals surface area contributed by atoms with Crippen LogP contribution in [0.5, 0.6) is 0 Å². The molecule has 12 atom stereocenters. The van der Waals surface area contributed by atoms with Crippen LogP contribution in [0.4, 0.5) is 0 Å². The number of aromatic nitrogens is 2. The molecule has 334 valence electrons. The largest absolute Gasteiger partial charge is 0.393 e. The highest BCUT2D eigenvalue weighted by molar-refractivity contribution is 5.83. The standard InChI is InChI=1S/C29H33NO2.C28H31NO2.CH4/c1-27-11-9-23-16-22-5-6-24(31-2)17-28(22)12-13-29(23,32-28)26(27)8-7-25(27)20-4-3-19-10-14-30-18-21(19)15-20;1-26-10-8-22-15-21-4-5-23(30)16-27(21)11-12-28(22,31-27)25(26)7-6-24(26)19-3-2-18-9-13-29-17-20(18)14-19;/h3-4,9-10,14-16,18,24-26H,5-8,11-13,17H2,1-2H3;2-3,8-9,13-15,17,23-25,30H,4-7,10-12,16H2,1H3;1H4/t24-,25-,26-,27-,28?,29-;23-,24-,25-,26-,27?,28-;/m11./s1. The molecule has 2 aromatic carbocycles. The van der Waals surface area contributed by atoms with E-state index in [1.54, 1.807) is 5.57 Å².